The quantitative estimate of drug-likeness (QED) is 0.906. The van der Waals surface area contributed by atoms with Gasteiger partial charge in [-0.05, 0) is 50.8 Å². The Balaban J connectivity index is 2.32. The fourth-order valence-electron chi connectivity index (χ4n) is 3.16. The minimum absolute atomic E-state index is 0.0546. The van der Waals surface area contributed by atoms with Crippen LogP contribution >= 0.6 is 0 Å². The molecule has 1 unspecified atom stereocenters. The molecule has 1 aliphatic rings. The molecule has 1 saturated heterocycles. The molecule has 0 saturated carbocycles. The van der Waals surface area contributed by atoms with Crippen molar-refractivity contribution in [2.24, 2.45) is 5.73 Å². The standard InChI is InChI=1S/C16H26N2O/c1-3-18(15-7-4-6-14(2)12-15)16(13-17)8-5-10-19-11-9-16/h4,6-7,12H,3,5,8-11,13,17H2,1-2H3. The summed E-state index contributed by atoms with van der Waals surface area (Å²) in [5.41, 5.74) is 8.80. The first-order valence-corrected chi connectivity index (χ1v) is 7.34. The van der Waals surface area contributed by atoms with Crippen molar-refractivity contribution in [1.29, 1.82) is 0 Å². The van der Waals surface area contributed by atoms with Crippen LogP contribution in [0.25, 0.3) is 0 Å². The van der Waals surface area contributed by atoms with Gasteiger partial charge in [-0.1, -0.05) is 12.1 Å². The van der Waals surface area contributed by atoms with Gasteiger partial charge in [0.25, 0.3) is 0 Å². The molecule has 0 aliphatic carbocycles. The van der Waals surface area contributed by atoms with Crippen molar-refractivity contribution in [2.75, 3.05) is 31.2 Å². The van der Waals surface area contributed by atoms with Crippen LogP contribution in [0.15, 0.2) is 24.3 Å². The molecular weight excluding hydrogens is 236 g/mol. The summed E-state index contributed by atoms with van der Waals surface area (Å²) in [6.45, 7) is 7.72. The van der Waals surface area contributed by atoms with Crippen LogP contribution in [0.5, 0.6) is 0 Å². The number of hydrogen-bond acceptors (Lipinski definition) is 3. The van der Waals surface area contributed by atoms with Gasteiger partial charge in [0.15, 0.2) is 0 Å². The van der Waals surface area contributed by atoms with Crippen LogP contribution in [-0.2, 0) is 4.74 Å². The highest BCUT2D eigenvalue weighted by Crippen LogP contribution is 2.32. The lowest BCUT2D eigenvalue weighted by Gasteiger charge is -2.44. The lowest BCUT2D eigenvalue weighted by Crippen LogP contribution is -2.54. The smallest absolute Gasteiger partial charge is 0.0546 e. The average Bonchev–Trinajstić information content (AvgIpc) is 2.66. The number of likely N-dealkylation sites (N-methyl/N-ethyl adjacent to an activating group) is 1. The molecular formula is C16H26N2O. The molecule has 2 N–H and O–H groups in total. The van der Waals surface area contributed by atoms with E-state index in [9.17, 15) is 0 Å². The number of ether oxygens (including phenoxy) is 1. The highest BCUT2D eigenvalue weighted by molar-refractivity contribution is 5.51. The summed E-state index contributed by atoms with van der Waals surface area (Å²) < 4.78 is 5.62. The Morgan fingerprint density at radius 2 is 2.16 bits per heavy atom. The summed E-state index contributed by atoms with van der Waals surface area (Å²) in [6, 6.07) is 8.72. The van der Waals surface area contributed by atoms with E-state index < -0.39 is 0 Å². The van der Waals surface area contributed by atoms with Gasteiger partial charge in [-0.3, -0.25) is 0 Å². The summed E-state index contributed by atoms with van der Waals surface area (Å²) in [7, 11) is 0. The lowest BCUT2D eigenvalue weighted by molar-refractivity contribution is 0.139. The highest BCUT2D eigenvalue weighted by Gasteiger charge is 2.35. The van der Waals surface area contributed by atoms with E-state index in [2.05, 4.69) is 43.0 Å². The van der Waals surface area contributed by atoms with Gasteiger partial charge in [-0.25, -0.2) is 0 Å². The van der Waals surface area contributed by atoms with Crippen molar-refractivity contribution in [3.8, 4) is 0 Å². The minimum atomic E-state index is 0.0546. The van der Waals surface area contributed by atoms with Crippen molar-refractivity contribution < 1.29 is 4.74 Å². The van der Waals surface area contributed by atoms with Gasteiger partial charge in [0.2, 0.25) is 0 Å². The van der Waals surface area contributed by atoms with Crippen LogP contribution < -0.4 is 10.6 Å². The summed E-state index contributed by atoms with van der Waals surface area (Å²) >= 11 is 0. The number of rotatable bonds is 4. The molecule has 1 atom stereocenters. The summed E-state index contributed by atoms with van der Waals surface area (Å²) in [5, 5.41) is 0. The molecule has 0 radical (unpaired) electrons. The predicted octanol–water partition coefficient (Wildman–Crippen LogP) is 2.72. The van der Waals surface area contributed by atoms with Crippen molar-refractivity contribution >= 4 is 5.69 Å². The van der Waals surface area contributed by atoms with E-state index in [0.717, 1.165) is 39.0 Å². The maximum atomic E-state index is 6.16. The predicted molar refractivity (Wildman–Crippen MR) is 80.7 cm³/mol. The molecule has 0 bridgehead atoms. The molecule has 1 aromatic carbocycles. The topological polar surface area (TPSA) is 38.5 Å². The first-order chi connectivity index (χ1) is 9.22. The molecule has 2 rings (SSSR count). The molecule has 106 valence electrons. The Labute approximate surface area is 116 Å². The first kappa shape index (κ1) is 14.4. The van der Waals surface area contributed by atoms with Crippen LogP contribution in [0, 0.1) is 6.92 Å². The number of nitrogens with two attached hydrogens (primary N) is 1. The molecule has 1 fully saturated rings. The summed E-state index contributed by atoms with van der Waals surface area (Å²) in [6.07, 6.45) is 3.23. The zero-order chi connectivity index (χ0) is 13.7. The fraction of sp³-hybridized carbons (Fsp3) is 0.625. The van der Waals surface area contributed by atoms with Gasteiger partial charge >= 0.3 is 0 Å². The Morgan fingerprint density at radius 1 is 1.32 bits per heavy atom. The van der Waals surface area contributed by atoms with E-state index in [-0.39, 0.29) is 5.54 Å². The van der Waals surface area contributed by atoms with Crippen LogP contribution in [0.4, 0.5) is 5.69 Å². The Kier molecular flexibility index (Phi) is 4.83. The average molecular weight is 262 g/mol. The molecule has 0 aromatic heterocycles. The molecule has 1 aliphatic heterocycles. The second-order valence-electron chi connectivity index (χ2n) is 5.48. The monoisotopic (exact) mass is 262 g/mol. The zero-order valence-corrected chi connectivity index (χ0v) is 12.2. The third kappa shape index (κ3) is 3.10. The van der Waals surface area contributed by atoms with Crippen LogP contribution in [0.1, 0.15) is 31.7 Å². The molecule has 0 spiro atoms. The molecule has 0 amide bonds. The van der Waals surface area contributed by atoms with Crippen molar-refractivity contribution in [3.63, 3.8) is 0 Å². The zero-order valence-electron chi connectivity index (χ0n) is 12.2. The Hall–Kier alpha value is -1.06. The largest absolute Gasteiger partial charge is 0.381 e. The van der Waals surface area contributed by atoms with Gasteiger partial charge in [0, 0.05) is 32.0 Å². The van der Waals surface area contributed by atoms with Gasteiger partial charge < -0.3 is 15.4 Å². The third-order valence-electron chi connectivity index (χ3n) is 4.22. The van der Waals surface area contributed by atoms with E-state index in [4.69, 9.17) is 10.5 Å². The number of anilines is 1. The van der Waals surface area contributed by atoms with E-state index in [0.29, 0.717) is 6.54 Å². The third-order valence-corrected chi connectivity index (χ3v) is 4.22. The lowest BCUT2D eigenvalue weighted by atomic mass is 9.87. The molecule has 3 heteroatoms. The Bertz CT molecular complexity index is 397. The first-order valence-electron chi connectivity index (χ1n) is 7.34. The summed E-state index contributed by atoms with van der Waals surface area (Å²) in [5.74, 6) is 0. The second kappa shape index (κ2) is 6.40. The van der Waals surface area contributed by atoms with Crippen molar-refractivity contribution in [3.05, 3.63) is 29.8 Å². The van der Waals surface area contributed by atoms with E-state index >= 15 is 0 Å². The molecule has 1 aromatic rings. The molecule has 1 heterocycles. The number of aryl methyl sites for hydroxylation is 1. The molecule has 19 heavy (non-hydrogen) atoms. The number of benzene rings is 1. The SMILES string of the molecule is CCN(c1cccc(C)c1)C1(CN)CCCOCC1. The van der Waals surface area contributed by atoms with E-state index in [1.165, 1.54) is 11.3 Å². The number of hydrogen-bond donors (Lipinski definition) is 1. The van der Waals surface area contributed by atoms with Crippen LogP contribution in [0.2, 0.25) is 0 Å². The van der Waals surface area contributed by atoms with E-state index in [1.807, 2.05) is 0 Å². The molecule has 3 nitrogen and oxygen atoms in total. The van der Waals surface area contributed by atoms with Gasteiger partial charge in [-0.2, -0.15) is 0 Å². The normalized spacial score (nSPS) is 23.9. The van der Waals surface area contributed by atoms with Crippen LogP contribution in [0.3, 0.4) is 0 Å². The van der Waals surface area contributed by atoms with E-state index in [1.54, 1.807) is 0 Å². The maximum absolute atomic E-state index is 6.16. The summed E-state index contributed by atoms with van der Waals surface area (Å²) in [4.78, 5) is 2.48. The van der Waals surface area contributed by atoms with Crippen molar-refractivity contribution in [1.82, 2.24) is 0 Å². The van der Waals surface area contributed by atoms with Gasteiger partial charge in [0.05, 0.1) is 5.54 Å². The highest BCUT2D eigenvalue weighted by atomic mass is 16.5. The number of nitrogens with zero attached hydrogens (tertiary/aromatic N) is 1. The van der Waals surface area contributed by atoms with Gasteiger partial charge in [0.1, 0.15) is 0 Å². The van der Waals surface area contributed by atoms with Crippen LogP contribution in [-0.4, -0.2) is 31.8 Å². The Morgan fingerprint density at radius 3 is 2.84 bits per heavy atom. The van der Waals surface area contributed by atoms with Gasteiger partial charge in [-0.15, -0.1) is 0 Å². The fourth-order valence-corrected chi connectivity index (χ4v) is 3.16. The maximum Gasteiger partial charge on any atom is 0.0546 e. The second-order valence-corrected chi connectivity index (χ2v) is 5.48. The van der Waals surface area contributed by atoms with Crippen molar-refractivity contribution in [2.45, 2.75) is 38.6 Å². The minimum Gasteiger partial charge on any atom is -0.381 e.